The van der Waals surface area contributed by atoms with Gasteiger partial charge in [-0.25, -0.2) is 4.79 Å². The van der Waals surface area contributed by atoms with E-state index in [0.717, 1.165) is 5.56 Å². The number of likely N-dealkylation sites (tertiary alicyclic amines) is 1. The Hall–Kier alpha value is -2.57. The minimum atomic E-state index is -0.545. The van der Waals surface area contributed by atoms with Crippen LogP contribution in [0.1, 0.15) is 52.1 Å². The minimum absolute atomic E-state index is 0.112. The summed E-state index contributed by atoms with van der Waals surface area (Å²) in [5.74, 6) is -0.942. The number of carbonyl (C=O) groups is 3. The fraction of sp³-hybridized carbons (Fsp3) is 0.591. The Labute approximate surface area is 172 Å². The lowest BCUT2D eigenvalue weighted by molar-refractivity contribution is -0.157. The summed E-state index contributed by atoms with van der Waals surface area (Å²) in [5.41, 5.74) is 0.472. The number of ether oxygens (including phenoxy) is 2. The van der Waals surface area contributed by atoms with Crippen molar-refractivity contribution in [1.82, 2.24) is 9.80 Å². The van der Waals surface area contributed by atoms with Crippen LogP contribution in [0.25, 0.3) is 0 Å². The first-order chi connectivity index (χ1) is 13.6. The first-order valence-electron chi connectivity index (χ1n) is 10.0. The van der Waals surface area contributed by atoms with E-state index in [1.807, 2.05) is 58.0 Å². The van der Waals surface area contributed by atoms with E-state index in [2.05, 4.69) is 0 Å². The highest BCUT2D eigenvalue weighted by Gasteiger charge is 2.31. The predicted octanol–water partition coefficient (Wildman–Crippen LogP) is 3.40. The van der Waals surface area contributed by atoms with Gasteiger partial charge in [0.2, 0.25) is 0 Å². The van der Waals surface area contributed by atoms with Crippen molar-refractivity contribution < 1.29 is 23.9 Å². The lowest BCUT2D eigenvalue weighted by Gasteiger charge is -2.32. The number of nitrogens with zero attached hydrogens (tertiary/aromatic N) is 2. The molecule has 0 spiro atoms. The average Bonchev–Trinajstić information content (AvgIpc) is 2.70. The van der Waals surface area contributed by atoms with Gasteiger partial charge in [-0.05, 0) is 46.1 Å². The number of piperidine rings is 1. The summed E-state index contributed by atoms with van der Waals surface area (Å²) in [4.78, 5) is 40.0. The molecule has 1 aliphatic heterocycles. The highest BCUT2D eigenvalue weighted by atomic mass is 16.6. The van der Waals surface area contributed by atoms with E-state index < -0.39 is 5.60 Å². The summed E-state index contributed by atoms with van der Waals surface area (Å²) in [7, 11) is 1.70. The molecule has 1 aliphatic rings. The third-order valence-corrected chi connectivity index (χ3v) is 5.07. The first kappa shape index (κ1) is 22.7. The van der Waals surface area contributed by atoms with Crippen LogP contribution in [0.5, 0.6) is 0 Å². The topological polar surface area (TPSA) is 76.2 Å². The largest absolute Gasteiger partial charge is 0.455 e. The van der Waals surface area contributed by atoms with Gasteiger partial charge >= 0.3 is 12.1 Å². The van der Waals surface area contributed by atoms with Crippen LogP contribution in [0, 0.1) is 5.92 Å². The van der Waals surface area contributed by atoms with Gasteiger partial charge in [-0.3, -0.25) is 9.59 Å². The van der Waals surface area contributed by atoms with Crippen LogP contribution in [0.2, 0.25) is 0 Å². The number of benzene rings is 1. The molecule has 1 heterocycles. The quantitative estimate of drug-likeness (QED) is 0.703. The van der Waals surface area contributed by atoms with Crippen LogP contribution < -0.4 is 0 Å². The van der Waals surface area contributed by atoms with Crippen molar-refractivity contribution in [2.24, 2.45) is 5.92 Å². The number of likely N-dealkylation sites (N-methyl/N-ethyl adjacent to an activating group) is 1. The molecule has 2 rings (SSSR count). The van der Waals surface area contributed by atoms with Crippen LogP contribution >= 0.6 is 0 Å². The highest BCUT2D eigenvalue weighted by molar-refractivity contribution is 5.81. The number of amides is 2. The van der Waals surface area contributed by atoms with Crippen LogP contribution in [-0.4, -0.2) is 60.1 Å². The number of hydrogen-bond acceptors (Lipinski definition) is 5. The predicted molar refractivity (Wildman–Crippen MR) is 109 cm³/mol. The van der Waals surface area contributed by atoms with Crippen molar-refractivity contribution in [3.8, 4) is 0 Å². The molecule has 0 saturated carbocycles. The van der Waals surface area contributed by atoms with Gasteiger partial charge in [-0.15, -0.1) is 0 Å². The molecule has 0 unspecified atom stereocenters. The molecule has 0 bridgehead atoms. The zero-order chi connectivity index (χ0) is 21.6. The van der Waals surface area contributed by atoms with Gasteiger partial charge in [-0.2, -0.15) is 0 Å². The summed E-state index contributed by atoms with van der Waals surface area (Å²) in [6.45, 7) is 7.99. The zero-order valence-electron chi connectivity index (χ0n) is 18.0. The molecule has 1 aromatic carbocycles. The standard InChI is InChI=1S/C22H32N2O5/c1-16(17-9-7-6-8-10-17)23(5)19(25)15-28-20(26)18-11-13-24(14-12-18)21(27)29-22(2,3)4/h6-10,16,18H,11-15H2,1-5H3/t16-/m1/s1. The monoisotopic (exact) mass is 404 g/mol. The Kier molecular flexibility index (Phi) is 7.65. The lowest BCUT2D eigenvalue weighted by Crippen LogP contribution is -2.43. The highest BCUT2D eigenvalue weighted by Crippen LogP contribution is 2.22. The van der Waals surface area contributed by atoms with Gasteiger partial charge in [0.15, 0.2) is 6.61 Å². The second-order valence-corrected chi connectivity index (χ2v) is 8.44. The van der Waals surface area contributed by atoms with E-state index in [4.69, 9.17) is 9.47 Å². The molecular formula is C22H32N2O5. The van der Waals surface area contributed by atoms with Gasteiger partial charge in [0, 0.05) is 20.1 Å². The first-order valence-corrected chi connectivity index (χ1v) is 10.0. The molecule has 1 atom stereocenters. The second-order valence-electron chi connectivity index (χ2n) is 8.44. The normalized spacial score (nSPS) is 16.1. The molecule has 1 saturated heterocycles. The van der Waals surface area contributed by atoms with Gasteiger partial charge in [0.05, 0.1) is 12.0 Å². The fourth-order valence-corrected chi connectivity index (χ4v) is 3.15. The lowest BCUT2D eigenvalue weighted by atomic mass is 9.97. The molecule has 0 N–H and O–H groups in total. The Morgan fingerprint density at radius 1 is 1.14 bits per heavy atom. The number of rotatable bonds is 5. The van der Waals surface area contributed by atoms with Crippen molar-refractivity contribution in [3.05, 3.63) is 35.9 Å². The molecular weight excluding hydrogens is 372 g/mol. The molecule has 1 aromatic rings. The van der Waals surface area contributed by atoms with Crippen LogP contribution in [0.15, 0.2) is 30.3 Å². The third kappa shape index (κ3) is 6.76. The van der Waals surface area contributed by atoms with Gasteiger partial charge in [-0.1, -0.05) is 30.3 Å². The molecule has 0 aromatic heterocycles. The van der Waals surface area contributed by atoms with E-state index in [0.29, 0.717) is 25.9 Å². The summed E-state index contributed by atoms with van der Waals surface area (Å²) in [6, 6.07) is 9.58. The molecule has 0 aliphatic carbocycles. The maximum absolute atomic E-state index is 12.4. The number of esters is 1. The van der Waals surface area contributed by atoms with E-state index >= 15 is 0 Å². The van der Waals surface area contributed by atoms with Crippen molar-refractivity contribution in [2.75, 3.05) is 26.7 Å². The smallest absolute Gasteiger partial charge is 0.410 e. The molecule has 7 nitrogen and oxygen atoms in total. The van der Waals surface area contributed by atoms with Crippen molar-refractivity contribution in [2.45, 2.75) is 52.2 Å². The summed E-state index contributed by atoms with van der Waals surface area (Å²) >= 11 is 0. The summed E-state index contributed by atoms with van der Waals surface area (Å²) in [6.07, 6.45) is 0.640. The van der Waals surface area contributed by atoms with E-state index in [-0.39, 0.29) is 36.5 Å². The van der Waals surface area contributed by atoms with Crippen molar-refractivity contribution in [1.29, 1.82) is 0 Å². The van der Waals surface area contributed by atoms with Gasteiger partial charge < -0.3 is 19.3 Å². The molecule has 2 amide bonds. The van der Waals surface area contributed by atoms with Gasteiger partial charge in [0.1, 0.15) is 5.60 Å². The van der Waals surface area contributed by atoms with E-state index in [9.17, 15) is 14.4 Å². The Morgan fingerprint density at radius 2 is 1.72 bits per heavy atom. The third-order valence-electron chi connectivity index (χ3n) is 5.07. The number of hydrogen-bond donors (Lipinski definition) is 0. The Bertz CT molecular complexity index is 706. The van der Waals surface area contributed by atoms with Crippen molar-refractivity contribution >= 4 is 18.0 Å². The van der Waals surface area contributed by atoms with Gasteiger partial charge in [0.25, 0.3) is 5.91 Å². The zero-order valence-corrected chi connectivity index (χ0v) is 18.0. The SMILES string of the molecule is C[C@H](c1ccccc1)N(C)C(=O)COC(=O)C1CCN(C(=O)OC(C)(C)C)CC1. The molecule has 0 radical (unpaired) electrons. The summed E-state index contributed by atoms with van der Waals surface area (Å²) < 4.78 is 10.6. The second kappa shape index (κ2) is 9.76. The molecule has 1 fully saturated rings. The maximum Gasteiger partial charge on any atom is 0.410 e. The van der Waals surface area contributed by atoms with Crippen LogP contribution in [-0.2, 0) is 19.1 Å². The fourth-order valence-electron chi connectivity index (χ4n) is 3.15. The average molecular weight is 405 g/mol. The molecule has 7 heteroatoms. The van der Waals surface area contributed by atoms with Crippen LogP contribution in [0.4, 0.5) is 4.79 Å². The van der Waals surface area contributed by atoms with Crippen LogP contribution in [0.3, 0.4) is 0 Å². The van der Waals surface area contributed by atoms with E-state index in [1.165, 1.54) is 0 Å². The Morgan fingerprint density at radius 3 is 2.28 bits per heavy atom. The van der Waals surface area contributed by atoms with E-state index in [1.54, 1.807) is 16.8 Å². The molecule has 160 valence electrons. The maximum atomic E-state index is 12.4. The minimum Gasteiger partial charge on any atom is -0.455 e. The Balaban J connectivity index is 1.77. The summed E-state index contributed by atoms with van der Waals surface area (Å²) in [5, 5.41) is 0. The van der Waals surface area contributed by atoms with Crippen molar-refractivity contribution in [3.63, 3.8) is 0 Å². The number of carbonyl (C=O) groups excluding carboxylic acids is 3. The molecule has 29 heavy (non-hydrogen) atoms.